The molecule has 0 radical (unpaired) electrons. The maximum atomic E-state index is 6.88. The largest absolute Gasteiger partial charge is 0.497 e. The zero-order valence-corrected chi connectivity index (χ0v) is 26.7. The van der Waals surface area contributed by atoms with E-state index in [1.807, 2.05) is 102 Å². The number of aromatic nitrogens is 6. The average molecular weight is 650 g/mol. The summed E-state index contributed by atoms with van der Waals surface area (Å²) >= 11 is 13.4. The van der Waals surface area contributed by atoms with Crippen LogP contribution in [-0.2, 0) is 0 Å². The zero-order chi connectivity index (χ0) is 31.9. The van der Waals surface area contributed by atoms with Gasteiger partial charge in [0.2, 0.25) is 0 Å². The van der Waals surface area contributed by atoms with Gasteiger partial charge in [-0.25, -0.2) is 9.97 Å². The molecule has 0 amide bonds. The molecule has 3 heterocycles. The van der Waals surface area contributed by atoms with Gasteiger partial charge in [-0.1, -0.05) is 35.3 Å². The van der Waals surface area contributed by atoms with Crippen LogP contribution < -0.4 is 9.47 Å². The van der Waals surface area contributed by atoms with E-state index in [4.69, 9.17) is 42.6 Å². The van der Waals surface area contributed by atoms with Crippen molar-refractivity contribution in [3.8, 4) is 40.0 Å². The van der Waals surface area contributed by atoms with Crippen LogP contribution >= 0.6 is 23.2 Å². The maximum absolute atomic E-state index is 6.88. The minimum atomic E-state index is 0.457. The van der Waals surface area contributed by atoms with Crippen molar-refractivity contribution in [2.24, 2.45) is 10.2 Å². The maximum Gasteiger partial charge on any atom is 0.183 e. The Morgan fingerprint density at radius 3 is 2.26 bits per heavy atom. The van der Waals surface area contributed by atoms with Gasteiger partial charge in [0.25, 0.3) is 0 Å². The van der Waals surface area contributed by atoms with Crippen molar-refractivity contribution in [2.45, 2.75) is 13.8 Å². The number of halogens is 2. The minimum Gasteiger partial charge on any atom is -0.497 e. The Morgan fingerprint density at radius 1 is 0.717 bits per heavy atom. The summed E-state index contributed by atoms with van der Waals surface area (Å²) in [6.07, 6.45) is 1.94. The molecule has 0 aliphatic heterocycles. The standard InChI is InChI=1S/C34H26Cl2N8O2/c1-19-18-43(33(37-19)24-7-5-6-8-26(24)35)30-13-10-22(45-3)16-28(30)40-39-21-9-12-25(27(36)15-21)34-38-20(2)32-42-41-29-17-23(46-4)11-14-31(29)44(32)34/h5-18H,1-4H3. The molecular weight excluding hydrogens is 623 g/mol. The highest BCUT2D eigenvalue weighted by atomic mass is 35.5. The van der Waals surface area contributed by atoms with Crippen LogP contribution in [-0.4, -0.2) is 43.4 Å². The van der Waals surface area contributed by atoms with E-state index in [-0.39, 0.29) is 0 Å². The molecule has 0 N–H and O–H groups in total. The SMILES string of the molecule is COc1ccc(-n2cc(C)nc2-c2ccccc2Cl)c(N=Nc2ccc(-c3nc(C)c4nnc5cc(OC)ccc5n34)c(Cl)c2)c1. The second kappa shape index (κ2) is 11.9. The minimum absolute atomic E-state index is 0.457. The average Bonchev–Trinajstić information content (AvgIpc) is 3.62. The fraction of sp³-hybridized carbons (Fsp3) is 0.118. The molecule has 0 bridgehead atoms. The first kappa shape index (κ1) is 29.4. The van der Waals surface area contributed by atoms with Gasteiger partial charge in [0, 0.05) is 29.5 Å². The number of ether oxygens (including phenoxy) is 2. The molecule has 0 aliphatic rings. The molecule has 7 aromatic rings. The molecular formula is C34H26Cl2N8O2. The van der Waals surface area contributed by atoms with Crippen molar-refractivity contribution >= 4 is 51.3 Å². The summed E-state index contributed by atoms with van der Waals surface area (Å²) in [5.41, 5.74) is 7.11. The number of fused-ring (bicyclic) bond motifs is 3. The van der Waals surface area contributed by atoms with Crippen molar-refractivity contribution in [3.63, 3.8) is 0 Å². The second-order valence-electron chi connectivity index (χ2n) is 10.5. The first-order valence-electron chi connectivity index (χ1n) is 14.2. The van der Waals surface area contributed by atoms with Gasteiger partial charge in [-0.2, -0.15) is 5.11 Å². The van der Waals surface area contributed by atoms with Gasteiger partial charge in [-0.3, -0.25) is 8.97 Å². The summed E-state index contributed by atoms with van der Waals surface area (Å²) in [5, 5.41) is 19.0. The molecule has 7 rings (SSSR count). The summed E-state index contributed by atoms with van der Waals surface area (Å²) in [5.74, 6) is 2.66. The van der Waals surface area contributed by atoms with Gasteiger partial charge in [0.1, 0.15) is 34.4 Å². The Bertz CT molecular complexity index is 2310. The van der Waals surface area contributed by atoms with E-state index in [1.165, 1.54) is 0 Å². The first-order valence-corrected chi connectivity index (χ1v) is 15.0. The van der Waals surface area contributed by atoms with Crippen LogP contribution in [0.1, 0.15) is 11.4 Å². The van der Waals surface area contributed by atoms with E-state index < -0.39 is 0 Å². The van der Waals surface area contributed by atoms with Crippen molar-refractivity contribution in [3.05, 3.63) is 106 Å². The molecule has 0 spiro atoms. The molecule has 46 heavy (non-hydrogen) atoms. The van der Waals surface area contributed by atoms with E-state index in [0.29, 0.717) is 61.3 Å². The molecule has 4 aromatic carbocycles. The number of methoxy groups -OCH3 is 2. The lowest BCUT2D eigenvalue weighted by Crippen LogP contribution is -1.98. The van der Waals surface area contributed by atoms with Crippen molar-refractivity contribution in [2.75, 3.05) is 14.2 Å². The van der Waals surface area contributed by atoms with E-state index in [2.05, 4.69) is 20.4 Å². The lowest BCUT2D eigenvalue weighted by Gasteiger charge is -2.12. The summed E-state index contributed by atoms with van der Waals surface area (Å²) in [4.78, 5) is 9.56. The highest BCUT2D eigenvalue weighted by Crippen LogP contribution is 2.37. The van der Waals surface area contributed by atoms with E-state index in [0.717, 1.165) is 28.2 Å². The van der Waals surface area contributed by atoms with Gasteiger partial charge < -0.3 is 9.47 Å². The van der Waals surface area contributed by atoms with Gasteiger partial charge in [-0.05, 0) is 68.4 Å². The van der Waals surface area contributed by atoms with E-state index in [1.54, 1.807) is 20.3 Å². The Labute approximate surface area is 273 Å². The van der Waals surface area contributed by atoms with Crippen LogP contribution in [0.3, 0.4) is 0 Å². The van der Waals surface area contributed by atoms with E-state index >= 15 is 0 Å². The topological polar surface area (TPSA) is 104 Å². The quantitative estimate of drug-likeness (QED) is 0.160. The van der Waals surface area contributed by atoms with Crippen LogP contribution in [0.2, 0.25) is 10.0 Å². The number of azo groups is 1. The van der Waals surface area contributed by atoms with Crippen molar-refractivity contribution < 1.29 is 9.47 Å². The Morgan fingerprint density at radius 2 is 1.48 bits per heavy atom. The zero-order valence-electron chi connectivity index (χ0n) is 25.2. The van der Waals surface area contributed by atoms with E-state index in [9.17, 15) is 0 Å². The summed E-state index contributed by atoms with van der Waals surface area (Å²) in [6.45, 7) is 3.83. The number of aryl methyl sites for hydroxylation is 2. The predicted molar refractivity (Wildman–Crippen MR) is 179 cm³/mol. The van der Waals surface area contributed by atoms with Crippen molar-refractivity contribution in [1.82, 2.24) is 29.1 Å². The monoisotopic (exact) mass is 648 g/mol. The number of rotatable bonds is 7. The molecule has 0 saturated heterocycles. The Hall–Kier alpha value is -5.32. The van der Waals surface area contributed by atoms with Gasteiger partial charge in [0.15, 0.2) is 5.65 Å². The number of hydrogen-bond acceptors (Lipinski definition) is 8. The lowest BCUT2D eigenvalue weighted by atomic mass is 10.2. The third kappa shape index (κ3) is 5.21. The summed E-state index contributed by atoms with van der Waals surface area (Å²) in [7, 11) is 3.22. The molecule has 10 nitrogen and oxygen atoms in total. The fourth-order valence-corrected chi connectivity index (χ4v) is 5.81. The van der Waals surface area contributed by atoms with Crippen LogP contribution in [0.15, 0.2) is 95.3 Å². The smallest absolute Gasteiger partial charge is 0.183 e. The van der Waals surface area contributed by atoms with Gasteiger partial charge >= 0.3 is 0 Å². The van der Waals surface area contributed by atoms with Crippen LogP contribution in [0.5, 0.6) is 11.5 Å². The van der Waals surface area contributed by atoms with Gasteiger partial charge in [-0.15, -0.1) is 15.3 Å². The third-order valence-corrected chi connectivity index (χ3v) is 8.19. The van der Waals surface area contributed by atoms with Crippen LogP contribution in [0.4, 0.5) is 11.4 Å². The second-order valence-corrected chi connectivity index (χ2v) is 11.3. The molecule has 0 saturated carbocycles. The Balaban J connectivity index is 1.29. The fourth-order valence-electron chi connectivity index (χ4n) is 5.33. The lowest BCUT2D eigenvalue weighted by molar-refractivity contribution is 0.415. The van der Waals surface area contributed by atoms with Gasteiger partial charge in [0.05, 0.1) is 52.5 Å². The molecule has 0 atom stereocenters. The van der Waals surface area contributed by atoms with Crippen LogP contribution in [0, 0.1) is 13.8 Å². The van der Waals surface area contributed by atoms with Crippen LogP contribution in [0.25, 0.3) is 45.1 Å². The number of hydrogen-bond donors (Lipinski definition) is 0. The molecule has 228 valence electrons. The summed E-state index contributed by atoms with van der Waals surface area (Å²) in [6, 6.07) is 24.3. The molecule has 3 aromatic heterocycles. The molecule has 0 unspecified atom stereocenters. The third-order valence-electron chi connectivity index (χ3n) is 7.55. The first-order chi connectivity index (χ1) is 22.3. The number of imidazole rings is 2. The highest BCUT2D eigenvalue weighted by molar-refractivity contribution is 6.33. The molecule has 0 aliphatic carbocycles. The normalized spacial score (nSPS) is 11.6. The summed E-state index contributed by atoms with van der Waals surface area (Å²) < 4.78 is 14.8. The number of nitrogens with zero attached hydrogens (tertiary/aromatic N) is 8. The Kier molecular flexibility index (Phi) is 7.59. The predicted octanol–water partition coefficient (Wildman–Crippen LogP) is 9.15. The molecule has 12 heteroatoms. The molecule has 0 fully saturated rings. The number of benzene rings is 4. The van der Waals surface area contributed by atoms with Crippen molar-refractivity contribution in [1.29, 1.82) is 0 Å². The highest BCUT2D eigenvalue weighted by Gasteiger charge is 2.19.